The third-order valence-electron chi connectivity index (χ3n) is 4.87. The highest BCUT2D eigenvalue weighted by atomic mass is 16.2. The summed E-state index contributed by atoms with van der Waals surface area (Å²) in [6.45, 7) is 0.372. The van der Waals surface area contributed by atoms with Crippen LogP contribution in [0.1, 0.15) is 30.1 Å². The zero-order chi connectivity index (χ0) is 20.3. The van der Waals surface area contributed by atoms with Crippen molar-refractivity contribution in [2.45, 2.75) is 25.3 Å². The van der Waals surface area contributed by atoms with Crippen LogP contribution in [0.25, 0.3) is 17.2 Å². The molecule has 3 N–H and O–H groups in total. The lowest BCUT2D eigenvalue weighted by atomic mass is 10.2. The largest absolute Gasteiger partial charge is 0.334 e. The number of aromatic amines is 1. The summed E-state index contributed by atoms with van der Waals surface area (Å²) in [5.41, 5.74) is 2.50. The van der Waals surface area contributed by atoms with Crippen LogP contribution in [0.15, 0.2) is 61.1 Å². The molecule has 0 spiro atoms. The molecular weight excluding hydrogens is 380 g/mol. The molecule has 2 amide bonds. The van der Waals surface area contributed by atoms with Crippen LogP contribution >= 0.6 is 0 Å². The number of hydrogen-bond donors (Lipinski definition) is 3. The van der Waals surface area contributed by atoms with E-state index in [-0.39, 0.29) is 6.03 Å². The van der Waals surface area contributed by atoms with Gasteiger partial charge >= 0.3 is 6.03 Å². The molecule has 1 saturated carbocycles. The first-order valence-electron chi connectivity index (χ1n) is 9.77. The second-order valence-electron chi connectivity index (χ2n) is 7.18. The molecule has 3 aromatic heterocycles. The van der Waals surface area contributed by atoms with Crippen LogP contribution in [0.4, 0.5) is 10.5 Å². The summed E-state index contributed by atoms with van der Waals surface area (Å²) in [5.74, 6) is 2.90. The Morgan fingerprint density at radius 3 is 2.73 bits per heavy atom. The maximum atomic E-state index is 12.2. The average molecular weight is 400 g/mol. The van der Waals surface area contributed by atoms with Gasteiger partial charge in [0.1, 0.15) is 5.82 Å². The molecule has 1 fully saturated rings. The monoisotopic (exact) mass is 400 g/mol. The standard InChI is InChI=1S/C21H20N8O/c30-21(23-13-14-2-9-18(22-12-14)29-11-1-10-24-29)25-17-7-5-16(6-8-17)20-26-19(27-28-20)15-3-4-15/h1-2,5-12,15H,3-4,13H2,(H2,23,25,30)(H,26,27,28). The van der Waals surface area contributed by atoms with Gasteiger partial charge in [0.15, 0.2) is 11.6 Å². The first-order chi connectivity index (χ1) is 14.7. The van der Waals surface area contributed by atoms with Crippen LogP contribution in [0.5, 0.6) is 0 Å². The lowest BCUT2D eigenvalue weighted by molar-refractivity contribution is 0.251. The van der Waals surface area contributed by atoms with Crippen molar-refractivity contribution in [3.8, 4) is 17.2 Å². The van der Waals surface area contributed by atoms with Crippen molar-refractivity contribution < 1.29 is 4.79 Å². The van der Waals surface area contributed by atoms with Crippen molar-refractivity contribution in [3.05, 3.63) is 72.4 Å². The number of nitrogens with zero attached hydrogens (tertiary/aromatic N) is 5. The van der Waals surface area contributed by atoms with E-state index < -0.39 is 0 Å². The molecule has 9 heteroatoms. The van der Waals surface area contributed by atoms with Gasteiger partial charge in [-0.3, -0.25) is 5.10 Å². The highest BCUT2D eigenvalue weighted by molar-refractivity contribution is 5.89. The van der Waals surface area contributed by atoms with E-state index in [4.69, 9.17) is 0 Å². The van der Waals surface area contributed by atoms with E-state index in [9.17, 15) is 4.79 Å². The Morgan fingerprint density at radius 1 is 1.17 bits per heavy atom. The number of amides is 2. The van der Waals surface area contributed by atoms with Crippen molar-refractivity contribution >= 4 is 11.7 Å². The molecule has 0 radical (unpaired) electrons. The second kappa shape index (κ2) is 7.78. The molecular formula is C21H20N8O. The topological polar surface area (TPSA) is 113 Å². The predicted octanol–water partition coefficient (Wildman–Crippen LogP) is 3.25. The molecule has 4 aromatic rings. The van der Waals surface area contributed by atoms with Crippen molar-refractivity contribution in [2.24, 2.45) is 0 Å². The molecule has 150 valence electrons. The quantitative estimate of drug-likeness (QED) is 0.460. The maximum Gasteiger partial charge on any atom is 0.319 e. The van der Waals surface area contributed by atoms with E-state index in [0.717, 1.165) is 22.8 Å². The van der Waals surface area contributed by atoms with Gasteiger partial charge in [0, 0.05) is 42.3 Å². The van der Waals surface area contributed by atoms with Crippen LogP contribution in [0.3, 0.4) is 0 Å². The molecule has 1 aromatic carbocycles. The third-order valence-corrected chi connectivity index (χ3v) is 4.87. The van der Waals surface area contributed by atoms with Crippen LogP contribution in [0, 0.1) is 0 Å². The summed E-state index contributed by atoms with van der Waals surface area (Å²) >= 11 is 0. The van der Waals surface area contributed by atoms with E-state index in [1.54, 1.807) is 17.1 Å². The summed E-state index contributed by atoms with van der Waals surface area (Å²) in [5, 5.41) is 17.1. The fourth-order valence-corrected chi connectivity index (χ4v) is 3.06. The van der Waals surface area contributed by atoms with Gasteiger partial charge in [-0.2, -0.15) is 10.2 Å². The summed E-state index contributed by atoms with van der Waals surface area (Å²) in [6.07, 6.45) is 7.60. The SMILES string of the molecule is O=C(NCc1ccc(-n2cccn2)nc1)Nc1ccc(-c2n[nH]c(C3CC3)n2)cc1. The Morgan fingerprint density at radius 2 is 2.03 bits per heavy atom. The zero-order valence-electron chi connectivity index (χ0n) is 16.1. The fraction of sp³-hybridized carbons (Fsp3) is 0.190. The number of carbonyl (C=O) groups is 1. The molecule has 5 rings (SSSR count). The Hall–Kier alpha value is -4.01. The van der Waals surface area contributed by atoms with Gasteiger partial charge in [-0.1, -0.05) is 6.07 Å². The molecule has 30 heavy (non-hydrogen) atoms. The number of hydrogen-bond acceptors (Lipinski definition) is 5. The van der Waals surface area contributed by atoms with Gasteiger partial charge in [-0.25, -0.2) is 19.4 Å². The normalized spacial score (nSPS) is 13.2. The number of pyridine rings is 1. The molecule has 0 unspecified atom stereocenters. The lowest BCUT2D eigenvalue weighted by Gasteiger charge is -2.08. The third kappa shape index (κ3) is 4.04. The lowest BCUT2D eigenvalue weighted by Crippen LogP contribution is -2.28. The summed E-state index contributed by atoms with van der Waals surface area (Å²) in [7, 11) is 0. The number of H-pyrrole nitrogens is 1. The first-order valence-corrected chi connectivity index (χ1v) is 9.77. The molecule has 1 aliphatic rings. The molecule has 3 heterocycles. The highest BCUT2D eigenvalue weighted by Gasteiger charge is 2.27. The van der Waals surface area contributed by atoms with Gasteiger partial charge in [0.05, 0.1) is 0 Å². The van der Waals surface area contributed by atoms with Crippen molar-refractivity contribution in [2.75, 3.05) is 5.32 Å². The Balaban J connectivity index is 1.14. The van der Waals surface area contributed by atoms with Crippen molar-refractivity contribution in [3.63, 3.8) is 0 Å². The minimum absolute atomic E-state index is 0.284. The molecule has 1 aliphatic carbocycles. The van der Waals surface area contributed by atoms with Crippen LogP contribution < -0.4 is 10.6 Å². The minimum atomic E-state index is -0.284. The Kier molecular flexibility index (Phi) is 4.68. The van der Waals surface area contributed by atoms with Gasteiger partial charge in [0.25, 0.3) is 0 Å². The Labute approximate surface area is 172 Å². The number of urea groups is 1. The fourth-order valence-electron chi connectivity index (χ4n) is 3.06. The van der Waals surface area contributed by atoms with Crippen molar-refractivity contribution in [1.82, 2.24) is 35.3 Å². The predicted molar refractivity (Wildman–Crippen MR) is 111 cm³/mol. The minimum Gasteiger partial charge on any atom is -0.334 e. The molecule has 0 atom stereocenters. The maximum absolute atomic E-state index is 12.2. The van der Waals surface area contributed by atoms with E-state index >= 15 is 0 Å². The number of anilines is 1. The number of aromatic nitrogens is 6. The zero-order valence-corrected chi connectivity index (χ0v) is 16.1. The molecule has 9 nitrogen and oxygen atoms in total. The van der Waals surface area contributed by atoms with Crippen LogP contribution in [-0.2, 0) is 6.54 Å². The second-order valence-corrected chi connectivity index (χ2v) is 7.18. The van der Waals surface area contributed by atoms with Gasteiger partial charge in [-0.15, -0.1) is 0 Å². The number of nitrogens with one attached hydrogen (secondary N) is 3. The van der Waals surface area contributed by atoms with Crippen molar-refractivity contribution in [1.29, 1.82) is 0 Å². The average Bonchev–Trinajstić information content (AvgIpc) is 3.27. The van der Waals surface area contributed by atoms with E-state index in [2.05, 4.69) is 35.9 Å². The number of benzene rings is 1. The van der Waals surface area contributed by atoms with E-state index in [1.165, 1.54) is 12.8 Å². The van der Waals surface area contributed by atoms with E-state index in [0.29, 0.717) is 24.0 Å². The highest BCUT2D eigenvalue weighted by Crippen LogP contribution is 2.38. The summed E-state index contributed by atoms with van der Waals surface area (Å²) in [6, 6.07) is 12.8. The molecule has 0 bridgehead atoms. The number of rotatable bonds is 6. The summed E-state index contributed by atoms with van der Waals surface area (Å²) in [4.78, 5) is 21.1. The van der Waals surface area contributed by atoms with Crippen LogP contribution in [0.2, 0.25) is 0 Å². The van der Waals surface area contributed by atoms with Gasteiger partial charge in [0.2, 0.25) is 0 Å². The van der Waals surface area contributed by atoms with Gasteiger partial charge in [-0.05, 0) is 54.8 Å². The van der Waals surface area contributed by atoms with Crippen LogP contribution in [-0.4, -0.2) is 36.0 Å². The Bertz CT molecular complexity index is 1130. The first kappa shape index (κ1) is 18.0. The summed E-state index contributed by atoms with van der Waals surface area (Å²) < 4.78 is 1.68. The van der Waals surface area contributed by atoms with E-state index in [1.807, 2.05) is 48.7 Å². The smallest absolute Gasteiger partial charge is 0.319 e. The molecule has 0 aliphatic heterocycles. The van der Waals surface area contributed by atoms with Gasteiger partial charge < -0.3 is 10.6 Å². The number of carbonyl (C=O) groups excluding carboxylic acids is 1. The molecule has 0 saturated heterocycles.